The van der Waals surface area contributed by atoms with Gasteiger partial charge in [-0.3, -0.25) is 0 Å². The number of nitrogens with zero attached hydrogens (tertiary/aromatic N) is 1. The van der Waals surface area contributed by atoms with Gasteiger partial charge in [0.1, 0.15) is 17.7 Å². The number of rotatable bonds is 1. The lowest BCUT2D eigenvalue weighted by Crippen LogP contribution is -1.89. The monoisotopic (exact) mass is 229 g/mol. The van der Waals surface area contributed by atoms with Crippen LogP contribution in [0.4, 0.5) is 8.78 Å². The number of hydrogen-bond donors (Lipinski definition) is 0. The molecule has 0 radical (unpaired) electrons. The Morgan fingerprint density at radius 2 is 1.76 bits per heavy atom. The third-order valence-corrected chi connectivity index (χ3v) is 2.53. The third-order valence-electron chi connectivity index (χ3n) is 2.53. The Labute approximate surface area is 97.9 Å². The van der Waals surface area contributed by atoms with Crippen molar-refractivity contribution in [2.24, 2.45) is 0 Å². The first-order valence-corrected chi connectivity index (χ1v) is 5.08. The van der Waals surface area contributed by atoms with E-state index in [1.54, 1.807) is 25.1 Å². The Kier molecular flexibility index (Phi) is 2.88. The molecule has 0 aliphatic carbocycles. The maximum Gasteiger partial charge on any atom is 0.141 e. The summed E-state index contributed by atoms with van der Waals surface area (Å²) in [5, 5.41) is 8.61. The summed E-state index contributed by atoms with van der Waals surface area (Å²) in [6.07, 6.45) is 0. The first kappa shape index (κ1) is 11.3. The molecule has 0 unspecified atom stereocenters. The second kappa shape index (κ2) is 4.34. The van der Waals surface area contributed by atoms with Gasteiger partial charge < -0.3 is 0 Å². The third kappa shape index (κ3) is 2.16. The van der Waals surface area contributed by atoms with Crippen molar-refractivity contribution in [1.82, 2.24) is 0 Å². The van der Waals surface area contributed by atoms with Crippen molar-refractivity contribution in [3.8, 4) is 17.2 Å². The Hall–Kier alpha value is -2.21. The first-order chi connectivity index (χ1) is 8.11. The fourth-order valence-corrected chi connectivity index (χ4v) is 1.63. The second-order valence-electron chi connectivity index (χ2n) is 3.79. The Balaban J connectivity index is 2.54. The van der Waals surface area contributed by atoms with Crippen LogP contribution < -0.4 is 0 Å². The fourth-order valence-electron chi connectivity index (χ4n) is 1.63. The molecule has 0 saturated carbocycles. The SMILES string of the molecule is Cc1ccc(-c2ccc(C#N)c(F)c2)c(F)c1. The van der Waals surface area contributed by atoms with E-state index in [1.165, 1.54) is 24.3 Å². The molecule has 0 saturated heterocycles. The van der Waals surface area contributed by atoms with Crippen molar-refractivity contribution in [2.45, 2.75) is 6.92 Å². The Bertz CT molecular complexity index is 612. The van der Waals surface area contributed by atoms with Crippen LogP contribution in [0.15, 0.2) is 36.4 Å². The van der Waals surface area contributed by atoms with Gasteiger partial charge in [-0.15, -0.1) is 0 Å². The van der Waals surface area contributed by atoms with Crippen molar-refractivity contribution in [2.75, 3.05) is 0 Å². The average Bonchev–Trinajstić information content (AvgIpc) is 2.29. The van der Waals surface area contributed by atoms with Crippen LogP contribution in [0.1, 0.15) is 11.1 Å². The molecule has 0 aliphatic heterocycles. The van der Waals surface area contributed by atoms with Crippen molar-refractivity contribution < 1.29 is 8.78 Å². The molecule has 0 amide bonds. The fraction of sp³-hybridized carbons (Fsp3) is 0.0714. The van der Waals surface area contributed by atoms with E-state index < -0.39 is 11.6 Å². The van der Waals surface area contributed by atoms with Crippen LogP contribution in [0.3, 0.4) is 0 Å². The lowest BCUT2D eigenvalue weighted by molar-refractivity contribution is 0.621. The molecule has 0 N–H and O–H groups in total. The molecule has 0 spiro atoms. The van der Waals surface area contributed by atoms with Gasteiger partial charge in [0.15, 0.2) is 0 Å². The van der Waals surface area contributed by atoms with Gasteiger partial charge in [0.25, 0.3) is 0 Å². The number of nitriles is 1. The highest BCUT2D eigenvalue weighted by Gasteiger charge is 2.08. The summed E-state index contributed by atoms with van der Waals surface area (Å²) in [5.41, 5.74) is 1.53. The molecule has 2 aromatic rings. The Morgan fingerprint density at radius 1 is 1.00 bits per heavy atom. The zero-order valence-corrected chi connectivity index (χ0v) is 9.17. The quantitative estimate of drug-likeness (QED) is 0.729. The van der Waals surface area contributed by atoms with Crippen LogP contribution in [-0.4, -0.2) is 0 Å². The van der Waals surface area contributed by atoms with Gasteiger partial charge in [-0.05, 0) is 36.2 Å². The summed E-state index contributed by atoms with van der Waals surface area (Å²) >= 11 is 0. The minimum absolute atomic E-state index is 0.0405. The zero-order valence-electron chi connectivity index (χ0n) is 9.17. The molecule has 0 heterocycles. The van der Waals surface area contributed by atoms with Crippen LogP contribution in [0.25, 0.3) is 11.1 Å². The standard InChI is InChI=1S/C14H9F2N/c1-9-2-5-12(14(16)6-9)10-3-4-11(8-17)13(15)7-10/h2-7H,1H3. The van der Waals surface area contributed by atoms with E-state index in [1.807, 2.05) is 0 Å². The van der Waals surface area contributed by atoms with Crippen LogP contribution in [0.2, 0.25) is 0 Å². The molecule has 17 heavy (non-hydrogen) atoms. The van der Waals surface area contributed by atoms with E-state index in [2.05, 4.69) is 0 Å². The van der Waals surface area contributed by atoms with E-state index in [-0.39, 0.29) is 5.56 Å². The van der Waals surface area contributed by atoms with Crippen LogP contribution in [0.5, 0.6) is 0 Å². The van der Waals surface area contributed by atoms with E-state index in [0.717, 1.165) is 5.56 Å². The minimum Gasteiger partial charge on any atom is -0.206 e. The molecular weight excluding hydrogens is 220 g/mol. The minimum atomic E-state index is -0.634. The molecule has 84 valence electrons. The van der Waals surface area contributed by atoms with Crippen LogP contribution in [-0.2, 0) is 0 Å². The number of hydrogen-bond acceptors (Lipinski definition) is 1. The van der Waals surface area contributed by atoms with Gasteiger partial charge in [-0.2, -0.15) is 5.26 Å². The van der Waals surface area contributed by atoms with Crippen molar-refractivity contribution in [3.63, 3.8) is 0 Å². The summed E-state index contributed by atoms with van der Waals surface area (Å²) in [5.74, 6) is -1.03. The highest BCUT2D eigenvalue weighted by molar-refractivity contribution is 5.65. The van der Waals surface area contributed by atoms with Gasteiger partial charge in [-0.1, -0.05) is 18.2 Å². The second-order valence-corrected chi connectivity index (χ2v) is 3.79. The van der Waals surface area contributed by atoms with Crippen LogP contribution >= 0.6 is 0 Å². The van der Waals surface area contributed by atoms with Crippen LogP contribution in [0, 0.1) is 29.9 Å². The summed E-state index contributed by atoms with van der Waals surface area (Å²) in [6, 6.07) is 10.5. The van der Waals surface area contributed by atoms with E-state index in [4.69, 9.17) is 5.26 Å². The van der Waals surface area contributed by atoms with Gasteiger partial charge in [0.05, 0.1) is 5.56 Å². The lowest BCUT2D eigenvalue weighted by atomic mass is 10.0. The molecule has 3 heteroatoms. The summed E-state index contributed by atoms with van der Waals surface area (Å²) in [6.45, 7) is 1.78. The number of halogens is 2. The zero-order chi connectivity index (χ0) is 12.4. The van der Waals surface area contributed by atoms with E-state index >= 15 is 0 Å². The average molecular weight is 229 g/mol. The predicted molar refractivity (Wildman–Crippen MR) is 61.2 cm³/mol. The molecule has 0 aliphatic rings. The van der Waals surface area contributed by atoms with Gasteiger partial charge in [0, 0.05) is 5.56 Å². The van der Waals surface area contributed by atoms with Crippen molar-refractivity contribution >= 4 is 0 Å². The van der Waals surface area contributed by atoms with Gasteiger partial charge in [0.2, 0.25) is 0 Å². The number of benzene rings is 2. The van der Waals surface area contributed by atoms with Gasteiger partial charge in [-0.25, -0.2) is 8.78 Å². The molecular formula is C14H9F2N. The summed E-state index contributed by atoms with van der Waals surface area (Å²) in [7, 11) is 0. The highest BCUT2D eigenvalue weighted by atomic mass is 19.1. The Morgan fingerprint density at radius 3 is 2.35 bits per heavy atom. The highest BCUT2D eigenvalue weighted by Crippen LogP contribution is 2.25. The molecule has 1 nitrogen and oxygen atoms in total. The van der Waals surface area contributed by atoms with Crippen molar-refractivity contribution in [3.05, 3.63) is 59.2 Å². The largest absolute Gasteiger partial charge is 0.206 e. The smallest absolute Gasteiger partial charge is 0.141 e. The maximum absolute atomic E-state index is 13.7. The molecule has 2 aromatic carbocycles. The summed E-state index contributed by atoms with van der Waals surface area (Å²) < 4.78 is 27.1. The van der Waals surface area contributed by atoms with E-state index in [0.29, 0.717) is 11.1 Å². The normalized spacial score (nSPS) is 10.0. The topological polar surface area (TPSA) is 23.8 Å². The lowest BCUT2D eigenvalue weighted by Gasteiger charge is -2.05. The first-order valence-electron chi connectivity index (χ1n) is 5.08. The van der Waals surface area contributed by atoms with E-state index in [9.17, 15) is 8.78 Å². The molecule has 0 aromatic heterocycles. The number of aryl methyl sites for hydroxylation is 1. The van der Waals surface area contributed by atoms with Gasteiger partial charge >= 0.3 is 0 Å². The van der Waals surface area contributed by atoms with Crippen molar-refractivity contribution in [1.29, 1.82) is 5.26 Å². The molecule has 0 fully saturated rings. The molecule has 0 atom stereocenters. The maximum atomic E-state index is 13.7. The molecule has 2 rings (SSSR count). The molecule has 0 bridgehead atoms. The summed E-state index contributed by atoms with van der Waals surface area (Å²) in [4.78, 5) is 0. The predicted octanol–water partition coefficient (Wildman–Crippen LogP) is 3.81.